The Labute approximate surface area is 129 Å². The van der Waals surface area contributed by atoms with Crippen molar-refractivity contribution in [1.29, 1.82) is 0 Å². The number of ether oxygens (including phenoxy) is 2. The lowest BCUT2D eigenvalue weighted by Crippen LogP contribution is -2.36. The molecule has 1 aliphatic rings. The molecule has 0 bridgehead atoms. The summed E-state index contributed by atoms with van der Waals surface area (Å²) in [5.74, 6) is -0.878. The molecule has 6 nitrogen and oxygen atoms in total. The van der Waals surface area contributed by atoms with Gasteiger partial charge in [0.05, 0.1) is 19.6 Å². The van der Waals surface area contributed by atoms with Gasteiger partial charge in [0, 0.05) is 6.42 Å². The first-order valence-electron chi connectivity index (χ1n) is 7.18. The van der Waals surface area contributed by atoms with Crippen molar-refractivity contribution >= 4 is 17.8 Å². The fraction of sp³-hybridized carbons (Fsp3) is 0.438. The number of imide groups is 1. The van der Waals surface area contributed by atoms with Crippen LogP contribution in [-0.4, -0.2) is 42.9 Å². The lowest BCUT2D eigenvalue weighted by molar-refractivity contribution is -0.152. The fourth-order valence-electron chi connectivity index (χ4n) is 2.46. The van der Waals surface area contributed by atoms with Gasteiger partial charge in [0.15, 0.2) is 0 Å². The molecule has 1 unspecified atom stereocenters. The summed E-state index contributed by atoms with van der Waals surface area (Å²) in [6, 6.07) is 7.36. The van der Waals surface area contributed by atoms with Gasteiger partial charge in [0.25, 0.3) is 0 Å². The molecular weight excluding hydrogens is 286 g/mol. The summed E-state index contributed by atoms with van der Waals surface area (Å²) >= 11 is 0. The van der Waals surface area contributed by atoms with E-state index in [2.05, 4.69) is 0 Å². The first-order chi connectivity index (χ1) is 10.5. The number of benzene rings is 1. The highest BCUT2D eigenvalue weighted by atomic mass is 16.5. The van der Waals surface area contributed by atoms with Gasteiger partial charge in [-0.05, 0) is 31.0 Å². The second kappa shape index (κ2) is 7.06. The van der Waals surface area contributed by atoms with Gasteiger partial charge in [0.1, 0.15) is 12.3 Å². The number of hydrogen-bond donors (Lipinski definition) is 0. The molecule has 1 atom stereocenters. The normalized spacial score (nSPS) is 17.7. The molecule has 22 heavy (non-hydrogen) atoms. The summed E-state index contributed by atoms with van der Waals surface area (Å²) in [5.41, 5.74) is 0.949. The minimum Gasteiger partial charge on any atom is -0.497 e. The summed E-state index contributed by atoms with van der Waals surface area (Å²) in [6.07, 6.45) is 0.595. The summed E-state index contributed by atoms with van der Waals surface area (Å²) in [7, 11) is 1.58. The van der Waals surface area contributed by atoms with Gasteiger partial charge in [-0.3, -0.25) is 19.3 Å². The predicted octanol–water partition coefficient (Wildman–Crippen LogP) is 1.18. The van der Waals surface area contributed by atoms with Crippen LogP contribution in [-0.2, 0) is 25.5 Å². The Morgan fingerprint density at radius 3 is 2.55 bits per heavy atom. The van der Waals surface area contributed by atoms with Gasteiger partial charge < -0.3 is 9.47 Å². The van der Waals surface area contributed by atoms with Gasteiger partial charge in [-0.25, -0.2) is 0 Å². The van der Waals surface area contributed by atoms with Crippen LogP contribution in [0, 0.1) is 5.92 Å². The summed E-state index contributed by atoms with van der Waals surface area (Å²) < 4.78 is 9.86. The Morgan fingerprint density at radius 2 is 1.95 bits per heavy atom. The van der Waals surface area contributed by atoms with E-state index in [4.69, 9.17) is 9.47 Å². The van der Waals surface area contributed by atoms with Crippen LogP contribution < -0.4 is 4.74 Å². The molecule has 0 aromatic heterocycles. The summed E-state index contributed by atoms with van der Waals surface area (Å²) in [4.78, 5) is 36.6. The third-order valence-electron chi connectivity index (χ3n) is 3.57. The van der Waals surface area contributed by atoms with Gasteiger partial charge in [0.2, 0.25) is 11.8 Å². The fourth-order valence-corrected chi connectivity index (χ4v) is 2.46. The second-order valence-electron chi connectivity index (χ2n) is 5.08. The SMILES string of the molecule is CCOC(=O)CN1C(=O)CC(Cc2ccc(OC)cc2)C1=O. The Morgan fingerprint density at radius 1 is 1.27 bits per heavy atom. The Hall–Kier alpha value is -2.37. The molecule has 2 rings (SSSR count). The highest BCUT2D eigenvalue weighted by Crippen LogP contribution is 2.24. The topological polar surface area (TPSA) is 72.9 Å². The molecule has 0 spiro atoms. The molecule has 118 valence electrons. The number of amides is 2. The highest BCUT2D eigenvalue weighted by molar-refractivity contribution is 6.05. The second-order valence-corrected chi connectivity index (χ2v) is 5.08. The number of likely N-dealkylation sites (tertiary alicyclic amines) is 1. The maximum atomic E-state index is 12.3. The number of carbonyl (C=O) groups is 3. The molecule has 1 aromatic rings. The maximum Gasteiger partial charge on any atom is 0.326 e. The number of esters is 1. The average Bonchev–Trinajstić information content (AvgIpc) is 2.76. The maximum absolute atomic E-state index is 12.3. The van der Waals surface area contributed by atoms with Crippen LogP contribution in [0.2, 0.25) is 0 Å². The zero-order valence-electron chi connectivity index (χ0n) is 12.7. The van der Waals surface area contributed by atoms with Gasteiger partial charge >= 0.3 is 5.97 Å². The molecule has 2 amide bonds. The molecule has 1 heterocycles. The van der Waals surface area contributed by atoms with E-state index < -0.39 is 11.9 Å². The van der Waals surface area contributed by atoms with Gasteiger partial charge in [-0.1, -0.05) is 12.1 Å². The molecule has 0 saturated carbocycles. The standard InChI is InChI=1S/C16H19NO5/c1-3-22-15(19)10-17-14(18)9-12(16(17)20)8-11-4-6-13(21-2)7-5-11/h4-7,12H,3,8-10H2,1-2H3. The van der Waals surface area contributed by atoms with E-state index in [1.54, 1.807) is 14.0 Å². The lowest BCUT2D eigenvalue weighted by atomic mass is 9.98. The van der Waals surface area contributed by atoms with E-state index in [1.165, 1.54) is 0 Å². The highest BCUT2D eigenvalue weighted by Gasteiger charge is 2.39. The Balaban J connectivity index is 1.99. The largest absolute Gasteiger partial charge is 0.497 e. The predicted molar refractivity (Wildman–Crippen MR) is 78.2 cm³/mol. The average molecular weight is 305 g/mol. The number of hydrogen-bond acceptors (Lipinski definition) is 5. The van der Waals surface area contributed by atoms with Crippen LogP contribution in [0.15, 0.2) is 24.3 Å². The van der Waals surface area contributed by atoms with Crippen molar-refractivity contribution in [2.45, 2.75) is 19.8 Å². The van der Waals surface area contributed by atoms with Crippen molar-refractivity contribution in [2.24, 2.45) is 5.92 Å². The Bertz CT molecular complexity index is 566. The lowest BCUT2D eigenvalue weighted by Gasteiger charge is -2.14. The van der Waals surface area contributed by atoms with Crippen molar-refractivity contribution < 1.29 is 23.9 Å². The number of carbonyl (C=O) groups excluding carboxylic acids is 3. The van der Waals surface area contributed by atoms with Crippen LogP contribution in [0.4, 0.5) is 0 Å². The Kier molecular flexibility index (Phi) is 5.14. The molecule has 0 radical (unpaired) electrons. The summed E-state index contributed by atoms with van der Waals surface area (Å²) in [6.45, 7) is 1.60. The van der Waals surface area contributed by atoms with E-state index in [1.807, 2.05) is 24.3 Å². The molecule has 0 aliphatic carbocycles. The van der Waals surface area contributed by atoms with E-state index in [0.717, 1.165) is 16.2 Å². The molecule has 1 aromatic carbocycles. The van der Waals surface area contributed by atoms with Gasteiger partial charge in [-0.2, -0.15) is 0 Å². The first kappa shape index (κ1) is 16.0. The third kappa shape index (κ3) is 3.63. The minimum absolute atomic E-state index is 0.129. The third-order valence-corrected chi connectivity index (χ3v) is 3.57. The molecule has 6 heteroatoms. The van der Waals surface area contributed by atoms with Crippen molar-refractivity contribution in [2.75, 3.05) is 20.3 Å². The molecule has 1 aliphatic heterocycles. The van der Waals surface area contributed by atoms with Crippen molar-refractivity contribution in [3.05, 3.63) is 29.8 Å². The van der Waals surface area contributed by atoms with E-state index >= 15 is 0 Å². The molecule has 1 fully saturated rings. The summed E-state index contributed by atoms with van der Waals surface area (Å²) in [5, 5.41) is 0. The van der Waals surface area contributed by atoms with Crippen molar-refractivity contribution in [3.8, 4) is 5.75 Å². The van der Waals surface area contributed by atoms with Crippen LogP contribution >= 0.6 is 0 Å². The van der Waals surface area contributed by atoms with Crippen LogP contribution in [0.3, 0.4) is 0 Å². The van der Waals surface area contributed by atoms with E-state index in [0.29, 0.717) is 6.42 Å². The van der Waals surface area contributed by atoms with E-state index in [9.17, 15) is 14.4 Å². The van der Waals surface area contributed by atoms with Crippen LogP contribution in [0.1, 0.15) is 18.9 Å². The number of nitrogens with zero attached hydrogens (tertiary/aromatic N) is 1. The minimum atomic E-state index is -0.561. The number of rotatable bonds is 6. The smallest absolute Gasteiger partial charge is 0.326 e. The first-order valence-corrected chi connectivity index (χ1v) is 7.18. The van der Waals surface area contributed by atoms with Crippen molar-refractivity contribution in [3.63, 3.8) is 0 Å². The zero-order valence-corrected chi connectivity index (χ0v) is 12.7. The van der Waals surface area contributed by atoms with Crippen LogP contribution in [0.5, 0.6) is 5.75 Å². The molecule has 0 N–H and O–H groups in total. The molecular formula is C16H19NO5. The monoisotopic (exact) mass is 305 g/mol. The number of methoxy groups -OCH3 is 1. The molecule has 1 saturated heterocycles. The quantitative estimate of drug-likeness (QED) is 0.583. The van der Waals surface area contributed by atoms with Crippen LogP contribution in [0.25, 0.3) is 0 Å². The van der Waals surface area contributed by atoms with Gasteiger partial charge in [-0.15, -0.1) is 0 Å². The zero-order chi connectivity index (χ0) is 16.1. The van der Waals surface area contributed by atoms with E-state index in [-0.39, 0.29) is 31.4 Å². The van der Waals surface area contributed by atoms with Crippen molar-refractivity contribution in [1.82, 2.24) is 4.90 Å².